The van der Waals surface area contributed by atoms with Gasteiger partial charge in [0.2, 0.25) is 0 Å². The second kappa shape index (κ2) is 9.62. The number of rotatable bonds is 5. The lowest BCUT2D eigenvalue weighted by Crippen LogP contribution is -2.30. The van der Waals surface area contributed by atoms with E-state index in [1.165, 1.54) is 28.8 Å². The zero-order chi connectivity index (χ0) is 23.5. The first-order chi connectivity index (χ1) is 16.6. The van der Waals surface area contributed by atoms with Crippen LogP contribution in [0.25, 0.3) is 17.5 Å². The van der Waals surface area contributed by atoms with Crippen molar-refractivity contribution < 1.29 is 13.7 Å². The SMILES string of the molecule is O=C1/C(=C\c2ccccc2)N=C(SCc2noc(-c3ccccc3Cl)n2)N1c1ccc(F)cc1. The topological polar surface area (TPSA) is 71.6 Å². The minimum absolute atomic E-state index is 0.280. The Morgan fingerprint density at radius 1 is 1.00 bits per heavy atom. The van der Waals surface area contributed by atoms with Crippen LogP contribution in [0.15, 0.2) is 94.1 Å². The predicted octanol–water partition coefficient (Wildman–Crippen LogP) is 6.21. The molecule has 0 saturated carbocycles. The fourth-order valence-corrected chi connectivity index (χ4v) is 4.38. The van der Waals surface area contributed by atoms with Crippen molar-refractivity contribution in [3.05, 3.63) is 107 Å². The number of hydrogen-bond acceptors (Lipinski definition) is 6. The summed E-state index contributed by atoms with van der Waals surface area (Å²) >= 11 is 7.49. The highest BCUT2D eigenvalue weighted by Crippen LogP contribution is 2.31. The molecule has 0 aliphatic carbocycles. The van der Waals surface area contributed by atoms with Crippen LogP contribution in [0.2, 0.25) is 5.02 Å². The second-order valence-corrected chi connectivity index (χ2v) is 8.59. The van der Waals surface area contributed by atoms with Gasteiger partial charge in [-0.2, -0.15) is 4.98 Å². The lowest BCUT2D eigenvalue weighted by molar-refractivity contribution is -0.113. The Balaban J connectivity index is 1.42. The summed E-state index contributed by atoms with van der Waals surface area (Å²) in [5.74, 6) is 0.347. The molecule has 34 heavy (non-hydrogen) atoms. The fourth-order valence-electron chi connectivity index (χ4n) is 3.30. The van der Waals surface area contributed by atoms with Crippen LogP contribution in [0.3, 0.4) is 0 Å². The van der Waals surface area contributed by atoms with Crippen molar-refractivity contribution in [3.8, 4) is 11.5 Å². The molecule has 1 amide bonds. The summed E-state index contributed by atoms with van der Waals surface area (Å²) in [6.07, 6.45) is 1.72. The van der Waals surface area contributed by atoms with Gasteiger partial charge in [-0.1, -0.05) is 71.0 Å². The van der Waals surface area contributed by atoms with E-state index in [9.17, 15) is 9.18 Å². The smallest absolute Gasteiger partial charge is 0.283 e. The van der Waals surface area contributed by atoms with Crippen molar-refractivity contribution in [1.29, 1.82) is 0 Å². The molecule has 0 saturated heterocycles. The van der Waals surface area contributed by atoms with Gasteiger partial charge in [0.15, 0.2) is 11.0 Å². The molecule has 0 atom stereocenters. The third kappa shape index (κ3) is 4.64. The van der Waals surface area contributed by atoms with E-state index < -0.39 is 0 Å². The molecule has 0 unspecified atom stereocenters. The van der Waals surface area contributed by atoms with E-state index in [2.05, 4.69) is 15.1 Å². The molecule has 1 aromatic heterocycles. The third-order valence-corrected chi connectivity index (χ3v) is 6.18. The monoisotopic (exact) mass is 490 g/mol. The van der Waals surface area contributed by atoms with Crippen LogP contribution in [-0.2, 0) is 10.5 Å². The van der Waals surface area contributed by atoms with Gasteiger partial charge >= 0.3 is 0 Å². The maximum absolute atomic E-state index is 13.5. The molecule has 0 N–H and O–H groups in total. The molecule has 2 heterocycles. The van der Waals surface area contributed by atoms with Crippen molar-refractivity contribution in [3.63, 3.8) is 0 Å². The molecule has 4 aromatic rings. The molecular weight excluding hydrogens is 475 g/mol. The molecule has 9 heteroatoms. The van der Waals surface area contributed by atoms with Gasteiger partial charge in [0.1, 0.15) is 11.5 Å². The van der Waals surface area contributed by atoms with Crippen molar-refractivity contribution in [2.24, 2.45) is 4.99 Å². The molecule has 0 radical (unpaired) electrons. The summed E-state index contributed by atoms with van der Waals surface area (Å²) in [5.41, 5.74) is 2.28. The highest BCUT2D eigenvalue weighted by molar-refractivity contribution is 8.13. The first kappa shape index (κ1) is 22.1. The van der Waals surface area contributed by atoms with Gasteiger partial charge < -0.3 is 4.52 Å². The van der Waals surface area contributed by atoms with Gasteiger partial charge in [0.05, 0.1) is 22.0 Å². The van der Waals surface area contributed by atoms with Crippen molar-refractivity contribution in [2.45, 2.75) is 5.75 Å². The first-order valence-corrected chi connectivity index (χ1v) is 11.6. The summed E-state index contributed by atoms with van der Waals surface area (Å²) in [7, 11) is 0. The Morgan fingerprint density at radius 2 is 1.74 bits per heavy atom. The molecule has 0 fully saturated rings. The standard InChI is InChI=1S/C25H16ClFN4O2S/c26-20-9-5-4-8-19(20)23-29-22(30-33-23)15-34-25-28-21(14-16-6-2-1-3-7-16)24(32)31(25)18-12-10-17(27)11-13-18/h1-14H,15H2/b21-14+. The van der Waals surface area contributed by atoms with E-state index in [1.807, 2.05) is 42.5 Å². The molecule has 6 nitrogen and oxygen atoms in total. The number of amidine groups is 1. The largest absolute Gasteiger partial charge is 0.334 e. The number of halogens is 2. The lowest BCUT2D eigenvalue weighted by Gasteiger charge is -2.17. The molecule has 1 aliphatic rings. The van der Waals surface area contributed by atoms with E-state index in [4.69, 9.17) is 16.1 Å². The quantitative estimate of drug-likeness (QED) is 0.311. The van der Waals surface area contributed by atoms with Crippen molar-refractivity contribution >= 4 is 46.2 Å². The summed E-state index contributed by atoms with van der Waals surface area (Å²) in [5, 5.41) is 4.96. The Kier molecular flexibility index (Phi) is 6.24. The van der Waals surface area contributed by atoms with Crippen LogP contribution in [-0.4, -0.2) is 21.2 Å². The zero-order valence-electron chi connectivity index (χ0n) is 17.6. The minimum Gasteiger partial charge on any atom is -0.334 e. The Hall–Kier alpha value is -3.75. The van der Waals surface area contributed by atoms with Gasteiger partial charge in [0.25, 0.3) is 11.8 Å². The first-order valence-electron chi connectivity index (χ1n) is 10.2. The number of carbonyl (C=O) groups excluding carboxylic acids is 1. The molecule has 5 rings (SSSR count). The highest BCUT2D eigenvalue weighted by Gasteiger charge is 2.32. The molecule has 3 aromatic carbocycles. The average Bonchev–Trinajstić information content (AvgIpc) is 3.44. The predicted molar refractivity (Wildman–Crippen MR) is 132 cm³/mol. The maximum Gasteiger partial charge on any atom is 0.283 e. The van der Waals surface area contributed by atoms with Crippen LogP contribution >= 0.6 is 23.4 Å². The molecule has 168 valence electrons. The number of anilines is 1. The van der Waals surface area contributed by atoms with Gasteiger partial charge in [0, 0.05) is 0 Å². The lowest BCUT2D eigenvalue weighted by atomic mass is 10.2. The fraction of sp³-hybridized carbons (Fsp3) is 0.0400. The molecule has 0 bridgehead atoms. The Labute approximate surface area is 203 Å². The second-order valence-electron chi connectivity index (χ2n) is 7.24. The number of hydrogen-bond donors (Lipinski definition) is 0. The van der Waals surface area contributed by atoms with Crippen LogP contribution in [0.5, 0.6) is 0 Å². The number of aliphatic imine (C=N–C) groups is 1. The van der Waals surface area contributed by atoms with Gasteiger partial charge in [-0.05, 0) is 48.0 Å². The molecule has 0 spiro atoms. The Morgan fingerprint density at radius 3 is 2.50 bits per heavy atom. The minimum atomic E-state index is -0.388. The average molecular weight is 491 g/mol. The Bertz CT molecular complexity index is 1400. The van der Waals surface area contributed by atoms with Gasteiger partial charge in [-0.25, -0.2) is 9.38 Å². The van der Waals surface area contributed by atoms with Crippen molar-refractivity contribution in [1.82, 2.24) is 10.1 Å². The van der Waals surface area contributed by atoms with E-state index in [0.29, 0.717) is 38.9 Å². The number of carbonyl (C=O) groups is 1. The van der Waals surface area contributed by atoms with Crippen LogP contribution in [0.4, 0.5) is 10.1 Å². The van der Waals surface area contributed by atoms with E-state index in [0.717, 1.165) is 5.56 Å². The zero-order valence-corrected chi connectivity index (χ0v) is 19.1. The third-order valence-electron chi connectivity index (χ3n) is 4.92. The van der Waals surface area contributed by atoms with Gasteiger partial charge in [-0.15, -0.1) is 0 Å². The number of benzene rings is 3. The number of nitrogens with zero attached hydrogens (tertiary/aromatic N) is 4. The summed E-state index contributed by atoms with van der Waals surface area (Å²) in [6.45, 7) is 0. The normalized spacial score (nSPS) is 14.6. The van der Waals surface area contributed by atoms with E-state index in [-0.39, 0.29) is 17.4 Å². The number of aromatic nitrogens is 2. The molecular formula is C25H16ClFN4O2S. The summed E-state index contributed by atoms with van der Waals surface area (Å²) in [4.78, 5) is 23.6. The van der Waals surface area contributed by atoms with Crippen molar-refractivity contribution in [2.75, 3.05) is 4.90 Å². The summed E-state index contributed by atoms with van der Waals surface area (Å²) < 4.78 is 18.8. The van der Waals surface area contributed by atoms with E-state index in [1.54, 1.807) is 30.3 Å². The summed E-state index contributed by atoms with van der Waals surface area (Å²) in [6, 6.07) is 22.3. The highest BCUT2D eigenvalue weighted by atomic mass is 35.5. The number of thioether (sulfide) groups is 1. The van der Waals surface area contributed by atoms with Crippen LogP contribution in [0.1, 0.15) is 11.4 Å². The van der Waals surface area contributed by atoms with E-state index >= 15 is 0 Å². The molecule has 1 aliphatic heterocycles. The van der Waals surface area contributed by atoms with Gasteiger partial charge in [-0.3, -0.25) is 9.69 Å². The number of amides is 1. The maximum atomic E-state index is 13.5. The van der Waals surface area contributed by atoms with Crippen LogP contribution < -0.4 is 4.90 Å². The van der Waals surface area contributed by atoms with Crippen LogP contribution in [0, 0.1) is 5.82 Å².